The van der Waals surface area contributed by atoms with E-state index in [0.29, 0.717) is 0 Å². The van der Waals surface area contributed by atoms with Crippen molar-refractivity contribution in [2.45, 2.75) is 32.8 Å². The van der Waals surface area contributed by atoms with Crippen LogP contribution in [0.3, 0.4) is 0 Å². The smallest absolute Gasteiger partial charge is 0.127 e. The van der Waals surface area contributed by atoms with Crippen LogP contribution in [0.1, 0.15) is 30.9 Å². The minimum absolute atomic E-state index is 0.0619. The van der Waals surface area contributed by atoms with E-state index >= 15 is 0 Å². The molecule has 0 saturated carbocycles. The molecule has 0 aliphatic heterocycles. The lowest BCUT2D eigenvalue weighted by atomic mass is 10.1. The molecule has 0 radical (unpaired) electrons. The summed E-state index contributed by atoms with van der Waals surface area (Å²) in [6.07, 6.45) is 3.57. The van der Waals surface area contributed by atoms with Crippen molar-refractivity contribution in [3.05, 3.63) is 59.7 Å². The molecule has 19 heavy (non-hydrogen) atoms. The van der Waals surface area contributed by atoms with Gasteiger partial charge < -0.3 is 9.84 Å². The highest BCUT2D eigenvalue weighted by Crippen LogP contribution is 2.22. The van der Waals surface area contributed by atoms with Gasteiger partial charge in [0.25, 0.3) is 0 Å². The number of benzene rings is 2. The van der Waals surface area contributed by atoms with Crippen LogP contribution in [0.25, 0.3) is 0 Å². The maximum absolute atomic E-state index is 8.98. The molecule has 2 heteroatoms. The summed E-state index contributed by atoms with van der Waals surface area (Å²) in [4.78, 5) is 0. The first-order chi connectivity index (χ1) is 9.31. The van der Waals surface area contributed by atoms with E-state index in [2.05, 4.69) is 19.1 Å². The Morgan fingerprint density at radius 1 is 0.842 bits per heavy atom. The Morgan fingerprint density at radius 2 is 1.37 bits per heavy atom. The van der Waals surface area contributed by atoms with Crippen molar-refractivity contribution in [2.75, 3.05) is 0 Å². The quantitative estimate of drug-likeness (QED) is 0.834. The lowest BCUT2D eigenvalue weighted by molar-refractivity contribution is 0.281. The van der Waals surface area contributed by atoms with E-state index in [1.54, 1.807) is 0 Å². The van der Waals surface area contributed by atoms with E-state index in [1.165, 1.54) is 18.4 Å². The number of aliphatic hydroxyl groups excluding tert-OH is 1. The highest BCUT2D eigenvalue weighted by atomic mass is 16.5. The molecule has 0 aliphatic carbocycles. The standard InChI is InChI=1S/C17H20O2/c1-2-3-4-14-5-9-16(10-6-14)19-17-11-7-15(13-18)8-12-17/h5-12,18H,2-4,13H2,1H3. The predicted octanol–water partition coefficient (Wildman–Crippen LogP) is 4.31. The number of hydrogen-bond acceptors (Lipinski definition) is 2. The molecule has 0 unspecified atom stereocenters. The molecule has 2 nitrogen and oxygen atoms in total. The van der Waals surface area contributed by atoms with Crippen LogP contribution in [-0.4, -0.2) is 5.11 Å². The molecule has 1 N–H and O–H groups in total. The van der Waals surface area contributed by atoms with Crippen LogP contribution in [-0.2, 0) is 13.0 Å². The molecule has 2 aromatic carbocycles. The average molecular weight is 256 g/mol. The van der Waals surface area contributed by atoms with E-state index in [0.717, 1.165) is 23.5 Å². The largest absolute Gasteiger partial charge is 0.457 e. The zero-order chi connectivity index (χ0) is 13.5. The van der Waals surface area contributed by atoms with Crippen LogP contribution < -0.4 is 4.74 Å². The highest BCUT2D eigenvalue weighted by Gasteiger charge is 1.98. The lowest BCUT2D eigenvalue weighted by Crippen LogP contribution is -1.88. The third-order valence-electron chi connectivity index (χ3n) is 3.08. The average Bonchev–Trinajstić information content (AvgIpc) is 2.47. The highest BCUT2D eigenvalue weighted by molar-refractivity contribution is 5.34. The molecule has 0 fully saturated rings. The topological polar surface area (TPSA) is 29.5 Å². The summed E-state index contributed by atoms with van der Waals surface area (Å²) >= 11 is 0. The van der Waals surface area contributed by atoms with E-state index in [1.807, 2.05) is 36.4 Å². The molecule has 0 saturated heterocycles. The van der Waals surface area contributed by atoms with Crippen molar-refractivity contribution in [3.63, 3.8) is 0 Å². The van der Waals surface area contributed by atoms with E-state index in [4.69, 9.17) is 9.84 Å². The Bertz CT molecular complexity index is 486. The van der Waals surface area contributed by atoms with Crippen LogP contribution in [0.15, 0.2) is 48.5 Å². The molecule has 0 bridgehead atoms. The maximum Gasteiger partial charge on any atom is 0.127 e. The van der Waals surface area contributed by atoms with Gasteiger partial charge in [-0.25, -0.2) is 0 Å². The van der Waals surface area contributed by atoms with Crippen LogP contribution in [0, 0.1) is 0 Å². The monoisotopic (exact) mass is 256 g/mol. The summed E-state index contributed by atoms with van der Waals surface area (Å²) in [7, 11) is 0. The van der Waals surface area contributed by atoms with Crippen LogP contribution in [0.4, 0.5) is 0 Å². The van der Waals surface area contributed by atoms with Crippen molar-refractivity contribution in [2.24, 2.45) is 0 Å². The number of hydrogen-bond donors (Lipinski definition) is 1. The van der Waals surface area contributed by atoms with Crippen molar-refractivity contribution in [1.29, 1.82) is 0 Å². The van der Waals surface area contributed by atoms with Gasteiger partial charge in [-0.1, -0.05) is 37.6 Å². The Labute approximate surface area is 114 Å². The number of unbranched alkanes of at least 4 members (excludes halogenated alkanes) is 1. The van der Waals surface area contributed by atoms with Gasteiger partial charge in [0.15, 0.2) is 0 Å². The fourth-order valence-electron chi connectivity index (χ4n) is 1.90. The second kappa shape index (κ2) is 6.95. The van der Waals surface area contributed by atoms with Gasteiger partial charge in [-0.2, -0.15) is 0 Å². The number of aliphatic hydroxyl groups is 1. The zero-order valence-corrected chi connectivity index (χ0v) is 11.3. The van der Waals surface area contributed by atoms with Crippen LogP contribution in [0.2, 0.25) is 0 Å². The summed E-state index contributed by atoms with van der Waals surface area (Å²) in [6.45, 7) is 2.26. The molecular formula is C17H20O2. The molecule has 2 rings (SSSR count). The SMILES string of the molecule is CCCCc1ccc(Oc2ccc(CO)cc2)cc1. The molecule has 0 spiro atoms. The van der Waals surface area contributed by atoms with Crippen molar-refractivity contribution >= 4 is 0 Å². The first-order valence-electron chi connectivity index (χ1n) is 6.78. The molecule has 2 aromatic rings. The van der Waals surface area contributed by atoms with Crippen LogP contribution in [0.5, 0.6) is 11.5 Å². The second-order valence-corrected chi connectivity index (χ2v) is 4.65. The molecule has 0 aromatic heterocycles. The normalized spacial score (nSPS) is 10.4. The van der Waals surface area contributed by atoms with Gasteiger partial charge in [0.05, 0.1) is 6.61 Å². The summed E-state index contributed by atoms with van der Waals surface area (Å²) in [5.41, 5.74) is 2.24. The molecule has 0 heterocycles. The first-order valence-corrected chi connectivity index (χ1v) is 6.78. The van der Waals surface area contributed by atoms with Crippen molar-refractivity contribution in [3.8, 4) is 11.5 Å². The molecule has 0 amide bonds. The third kappa shape index (κ3) is 4.11. The molecule has 100 valence electrons. The Kier molecular flexibility index (Phi) is 4.99. The van der Waals surface area contributed by atoms with Gasteiger partial charge in [-0.3, -0.25) is 0 Å². The Balaban J connectivity index is 1.98. The van der Waals surface area contributed by atoms with Crippen molar-refractivity contribution < 1.29 is 9.84 Å². The summed E-state index contributed by atoms with van der Waals surface area (Å²) in [5, 5.41) is 8.98. The van der Waals surface area contributed by atoms with E-state index in [-0.39, 0.29) is 6.61 Å². The number of aryl methyl sites for hydroxylation is 1. The van der Waals surface area contributed by atoms with E-state index < -0.39 is 0 Å². The van der Waals surface area contributed by atoms with Gasteiger partial charge >= 0.3 is 0 Å². The van der Waals surface area contributed by atoms with Gasteiger partial charge in [0.2, 0.25) is 0 Å². The summed E-state index contributed by atoms with van der Waals surface area (Å²) in [5.74, 6) is 1.63. The van der Waals surface area contributed by atoms with Gasteiger partial charge in [-0.15, -0.1) is 0 Å². The van der Waals surface area contributed by atoms with Gasteiger partial charge in [0.1, 0.15) is 11.5 Å². The maximum atomic E-state index is 8.98. The number of ether oxygens (including phenoxy) is 1. The van der Waals surface area contributed by atoms with Gasteiger partial charge in [-0.05, 0) is 48.2 Å². The molecule has 0 atom stereocenters. The summed E-state index contributed by atoms with van der Waals surface area (Å²) < 4.78 is 5.76. The van der Waals surface area contributed by atoms with E-state index in [9.17, 15) is 0 Å². The first kappa shape index (κ1) is 13.6. The minimum atomic E-state index is 0.0619. The lowest BCUT2D eigenvalue weighted by Gasteiger charge is -2.07. The predicted molar refractivity (Wildman–Crippen MR) is 77.5 cm³/mol. The fourth-order valence-corrected chi connectivity index (χ4v) is 1.90. The molecule has 0 aliphatic rings. The third-order valence-corrected chi connectivity index (χ3v) is 3.08. The second-order valence-electron chi connectivity index (χ2n) is 4.65. The van der Waals surface area contributed by atoms with Crippen molar-refractivity contribution in [1.82, 2.24) is 0 Å². The Hall–Kier alpha value is -1.80. The fraction of sp³-hybridized carbons (Fsp3) is 0.294. The van der Waals surface area contributed by atoms with Gasteiger partial charge in [0, 0.05) is 0 Å². The molecular weight excluding hydrogens is 236 g/mol. The van der Waals surface area contributed by atoms with Crippen LogP contribution >= 0.6 is 0 Å². The summed E-state index contributed by atoms with van der Waals surface area (Å²) in [6, 6.07) is 15.7. The minimum Gasteiger partial charge on any atom is -0.457 e. The number of rotatable bonds is 6. The Morgan fingerprint density at radius 3 is 1.84 bits per heavy atom. The zero-order valence-electron chi connectivity index (χ0n) is 11.3.